The molecule has 1 aliphatic heterocycles. The Bertz CT molecular complexity index is 887. The molecule has 2 heterocycles. The van der Waals surface area contributed by atoms with E-state index in [2.05, 4.69) is 22.8 Å². The minimum absolute atomic E-state index is 0.0155. The highest BCUT2D eigenvalue weighted by Crippen LogP contribution is 2.40. The van der Waals surface area contributed by atoms with E-state index in [1.165, 1.54) is 5.56 Å². The molecule has 0 spiro atoms. The molecule has 7 nitrogen and oxygen atoms in total. The summed E-state index contributed by atoms with van der Waals surface area (Å²) in [6.45, 7) is 2.19. The third-order valence-electron chi connectivity index (χ3n) is 7.12. The van der Waals surface area contributed by atoms with E-state index < -0.39 is 36.1 Å². The lowest BCUT2D eigenvalue weighted by atomic mass is 9.79. The van der Waals surface area contributed by atoms with E-state index in [-0.39, 0.29) is 19.1 Å². The van der Waals surface area contributed by atoms with Crippen molar-refractivity contribution in [2.75, 3.05) is 25.1 Å². The van der Waals surface area contributed by atoms with Crippen molar-refractivity contribution >= 4 is 18.0 Å². The van der Waals surface area contributed by atoms with E-state index in [9.17, 15) is 27.9 Å². The van der Waals surface area contributed by atoms with Crippen molar-refractivity contribution in [3.63, 3.8) is 0 Å². The molecule has 1 atom stereocenters. The maximum atomic E-state index is 13.1. The number of carbonyl (C=O) groups excluding carboxylic acids is 2. The van der Waals surface area contributed by atoms with Crippen LogP contribution in [0.15, 0.2) is 12.1 Å². The molecule has 35 heavy (non-hydrogen) atoms. The summed E-state index contributed by atoms with van der Waals surface area (Å²) < 4.78 is 45.0. The predicted octanol–water partition coefficient (Wildman–Crippen LogP) is 3.58. The third-order valence-corrected chi connectivity index (χ3v) is 7.12. The Kier molecular flexibility index (Phi) is 8.80. The van der Waals surface area contributed by atoms with Crippen molar-refractivity contribution in [3.8, 4) is 0 Å². The Morgan fingerprint density at radius 3 is 2.71 bits per heavy atom. The average Bonchev–Trinajstić information content (AvgIpc) is 2.77. The molecule has 0 saturated heterocycles. The zero-order valence-corrected chi connectivity index (χ0v) is 20.4. The Morgan fingerprint density at radius 1 is 1.31 bits per heavy atom. The number of halogens is 3. The maximum absolute atomic E-state index is 13.1. The molecule has 0 radical (unpaired) electrons. The van der Waals surface area contributed by atoms with E-state index in [1.54, 1.807) is 0 Å². The molecule has 1 aliphatic carbocycles. The van der Waals surface area contributed by atoms with Gasteiger partial charge in [0.05, 0.1) is 18.1 Å². The summed E-state index contributed by atoms with van der Waals surface area (Å²) in [7, 11) is 0. The summed E-state index contributed by atoms with van der Waals surface area (Å²) in [5, 5.41) is 15.3. The number of aryl methyl sites for hydroxylation is 2. The Balaban J connectivity index is 1.38. The van der Waals surface area contributed by atoms with Gasteiger partial charge in [-0.05, 0) is 56.1 Å². The normalized spacial score (nSPS) is 21.8. The van der Waals surface area contributed by atoms with Crippen LogP contribution >= 0.6 is 0 Å². The zero-order valence-electron chi connectivity index (χ0n) is 20.4. The number of hydrogen-bond donors (Lipinski definition) is 3. The summed E-state index contributed by atoms with van der Waals surface area (Å²) in [4.78, 5) is 28.5. The Labute approximate surface area is 204 Å². The molecule has 1 aromatic rings. The van der Waals surface area contributed by atoms with Gasteiger partial charge in [-0.15, -0.1) is 0 Å². The van der Waals surface area contributed by atoms with Gasteiger partial charge in [-0.25, -0.2) is 4.98 Å². The van der Waals surface area contributed by atoms with Crippen LogP contribution < -0.4 is 10.6 Å². The van der Waals surface area contributed by atoms with Crippen molar-refractivity contribution in [2.45, 2.75) is 83.0 Å². The molecule has 3 rings (SSSR count). The topological polar surface area (TPSA) is 101 Å². The summed E-state index contributed by atoms with van der Waals surface area (Å²) in [5.41, 5.74) is -1.56. The van der Waals surface area contributed by atoms with Gasteiger partial charge in [-0.2, -0.15) is 13.2 Å². The van der Waals surface area contributed by atoms with Gasteiger partial charge >= 0.3 is 6.18 Å². The summed E-state index contributed by atoms with van der Waals surface area (Å²) in [6, 6.07) is 4.25. The monoisotopic (exact) mass is 499 g/mol. The van der Waals surface area contributed by atoms with Crippen LogP contribution in [0.3, 0.4) is 0 Å². The molecule has 10 heteroatoms. The van der Waals surface area contributed by atoms with Gasteiger partial charge in [-0.3, -0.25) is 4.79 Å². The molecular formula is C25H36F3N3O4. The first-order chi connectivity index (χ1) is 16.5. The van der Waals surface area contributed by atoms with Crippen LogP contribution in [0, 0.1) is 11.3 Å². The van der Waals surface area contributed by atoms with E-state index in [0.717, 1.165) is 70.4 Å². The number of fused-ring (bicyclic) bond motifs is 1. The number of aldehydes is 1. The summed E-state index contributed by atoms with van der Waals surface area (Å²) in [6.07, 6.45) is 0.831. The molecule has 1 amide bonds. The van der Waals surface area contributed by atoms with E-state index >= 15 is 0 Å². The fourth-order valence-corrected chi connectivity index (χ4v) is 4.44. The number of ether oxygens (including phenoxy) is 1. The minimum Gasteiger partial charge on any atom is -0.393 e. The van der Waals surface area contributed by atoms with Gasteiger partial charge in [0.2, 0.25) is 5.91 Å². The molecule has 1 fully saturated rings. The highest BCUT2D eigenvalue weighted by Gasteiger charge is 2.49. The van der Waals surface area contributed by atoms with Crippen molar-refractivity contribution in [1.29, 1.82) is 0 Å². The van der Waals surface area contributed by atoms with Crippen LogP contribution in [0.5, 0.6) is 0 Å². The van der Waals surface area contributed by atoms with Gasteiger partial charge in [-0.1, -0.05) is 19.9 Å². The zero-order chi connectivity index (χ0) is 25.7. The number of nitrogens with one attached hydrogen (secondary N) is 2. The lowest BCUT2D eigenvalue weighted by Crippen LogP contribution is -2.55. The standard InChI is InChI=1S/C25H36F3N3O4/c1-23(2,25(26,27)28)14-21(34)31-24(15-32,16-33)9-11-35-20-12-17(13-20)5-7-19-8-6-18-4-3-10-29-22(18)30-19/h6,8,15,17,20,33H,3-5,7,9-14,16H2,1-2H3,(H,29,30)(H,31,34)/t17?,20?,24-/m1/s1. The number of rotatable bonds is 12. The van der Waals surface area contributed by atoms with Crippen LogP contribution in [0.2, 0.25) is 0 Å². The SMILES string of the molecule is CC(C)(CC(=O)N[C@](C=O)(CO)CCOC1CC(CCc2ccc3c(n2)NCCC3)C1)C(F)(F)F. The van der Waals surface area contributed by atoms with Crippen LogP contribution in [0.4, 0.5) is 19.0 Å². The summed E-state index contributed by atoms with van der Waals surface area (Å²) in [5.74, 6) is 0.576. The number of anilines is 1. The average molecular weight is 500 g/mol. The predicted molar refractivity (Wildman–Crippen MR) is 125 cm³/mol. The van der Waals surface area contributed by atoms with Crippen LogP contribution in [-0.4, -0.2) is 59.9 Å². The number of amides is 1. The first kappa shape index (κ1) is 27.4. The molecule has 196 valence electrons. The molecule has 1 saturated carbocycles. The summed E-state index contributed by atoms with van der Waals surface area (Å²) >= 11 is 0. The van der Waals surface area contributed by atoms with Crippen molar-refractivity contribution in [2.24, 2.45) is 11.3 Å². The minimum atomic E-state index is -4.57. The molecule has 1 aromatic heterocycles. The number of aliphatic hydroxyl groups excluding tert-OH is 1. The molecule has 0 aromatic carbocycles. The second-order valence-electron chi connectivity index (χ2n) is 10.5. The van der Waals surface area contributed by atoms with Crippen LogP contribution in [0.1, 0.15) is 63.6 Å². The number of hydrogen-bond acceptors (Lipinski definition) is 6. The fraction of sp³-hybridized carbons (Fsp3) is 0.720. The van der Waals surface area contributed by atoms with E-state index in [1.807, 2.05) is 0 Å². The van der Waals surface area contributed by atoms with Gasteiger partial charge in [0, 0.05) is 31.7 Å². The molecule has 3 N–H and O–H groups in total. The Hall–Kier alpha value is -2.20. The van der Waals surface area contributed by atoms with E-state index in [0.29, 0.717) is 12.2 Å². The molecule has 0 unspecified atom stereocenters. The van der Waals surface area contributed by atoms with Gasteiger partial charge < -0.3 is 25.3 Å². The second-order valence-corrected chi connectivity index (χ2v) is 10.5. The van der Waals surface area contributed by atoms with Gasteiger partial charge in [0.15, 0.2) is 0 Å². The second kappa shape index (κ2) is 11.2. The van der Waals surface area contributed by atoms with Crippen molar-refractivity contribution in [1.82, 2.24) is 10.3 Å². The molecule has 0 bridgehead atoms. The first-order valence-electron chi connectivity index (χ1n) is 12.3. The largest absolute Gasteiger partial charge is 0.394 e. The fourth-order valence-electron chi connectivity index (χ4n) is 4.44. The maximum Gasteiger partial charge on any atom is 0.394 e. The van der Waals surface area contributed by atoms with Gasteiger partial charge in [0.1, 0.15) is 17.6 Å². The van der Waals surface area contributed by atoms with Crippen LogP contribution in [-0.2, 0) is 27.2 Å². The lowest BCUT2D eigenvalue weighted by molar-refractivity contribution is -0.214. The first-order valence-corrected chi connectivity index (χ1v) is 12.3. The molecule has 2 aliphatic rings. The highest BCUT2D eigenvalue weighted by atomic mass is 19.4. The Morgan fingerprint density at radius 2 is 2.06 bits per heavy atom. The number of pyridine rings is 1. The number of aliphatic hydroxyl groups is 1. The number of nitrogens with zero attached hydrogens (tertiary/aromatic N) is 1. The smallest absolute Gasteiger partial charge is 0.393 e. The van der Waals surface area contributed by atoms with Crippen LogP contribution in [0.25, 0.3) is 0 Å². The third kappa shape index (κ3) is 7.16. The highest BCUT2D eigenvalue weighted by molar-refractivity contribution is 5.82. The van der Waals surface area contributed by atoms with Gasteiger partial charge in [0.25, 0.3) is 0 Å². The molecular weight excluding hydrogens is 463 g/mol. The quantitative estimate of drug-likeness (QED) is 0.380. The van der Waals surface area contributed by atoms with Crippen molar-refractivity contribution in [3.05, 3.63) is 23.4 Å². The number of alkyl halides is 3. The number of carbonyl (C=O) groups is 2. The number of aromatic nitrogens is 1. The van der Waals surface area contributed by atoms with E-state index in [4.69, 9.17) is 9.72 Å². The lowest BCUT2D eigenvalue weighted by Gasteiger charge is -2.36. The van der Waals surface area contributed by atoms with Crippen molar-refractivity contribution < 1.29 is 32.6 Å².